The Bertz CT molecular complexity index is 1450. The molecule has 0 aliphatic heterocycles. The zero-order valence-electron chi connectivity index (χ0n) is 15.7. The van der Waals surface area contributed by atoms with Crippen LogP contribution in [0.1, 0.15) is 5.56 Å². The van der Waals surface area contributed by atoms with Crippen molar-refractivity contribution in [3.05, 3.63) is 74.9 Å². The van der Waals surface area contributed by atoms with Crippen LogP contribution in [0.4, 0.5) is 5.88 Å². The van der Waals surface area contributed by atoms with E-state index in [4.69, 9.17) is 4.42 Å². The van der Waals surface area contributed by atoms with Crippen LogP contribution in [0.3, 0.4) is 0 Å². The van der Waals surface area contributed by atoms with E-state index < -0.39 is 27.0 Å². The number of sulfone groups is 1. The number of anilines is 1. The van der Waals surface area contributed by atoms with Gasteiger partial charge in [-0.15, -0.1) is 0 Å². The minimum atomic E-state index is -3.71. The minimum absolute atomic E-state index is 0.00118. The summed E-state index contributed by atoms with van der Waals surface area (Å²) in [6.07, 6.45) is 0. The maximum absolute atomic E-state index is 12.7. The fourth-order valence-corrected chi connectivity index (χ4v) is 4.09. The molecule has 154 valence electrons. The van der Waals surface area contributed by atoms with Crippen molar-refractivity contribution in [1.82, 2.24) is 9.97 Å². The van der Waals surface area contributed by atoms with Crippen molar-refractivity contribution in [3.63, 3.8) is 0 Å². The van der Waals surface area contributed by atoms with Gasteiger partial charge in [-0.05, 0) is 36.8 Å². The molecule has 4 rings (SSSR count). The van der Waals surface area contributed by atoms with Gasteiger partial charge >= 0.3 is 5.69 Å². The number of H-pyrrole nitrogens is 2. The van der Waals surface area contributed by atoms with E-state index in [9.17, 15) is 23.1 Å². The van der Waals surface area contributed by atoms with E-state index in [-0.39, 0.29) is 33.2 Å². The van der Waals surface area contributed by atoms with Crippen molar-refractivity contribution >= 4 is 26.8 Å². The summed E-state index contributed by atoms with van der Waals surface area (Å²) in [6, 6.07) is 12.3. The molecule has 0 atom stereocenters. The summed E-state index contributed by atoms with van der Waals surface area (Å²) in [7, 11) is -3.71. The molecular weight excluding hydrogens is 410 g/mol. The van der Waals surface area contributed by atoms with Crippen molar-refractivity contribution < 1.29 is 17.9 Å². The number of phenols is 1. The van der Waals surface area contributed by atoms with Crippen LogP contribution >= 0.6 is 0 Å². The number of benzene rings is 2. The molecule has 0 aliphatic carbocycles. The summed E-state index contributed by atoms with van der Waals surface area (Å²) in [5, 5.41) is 12.3. The van der Waals surface area contributed by atoms with Gasteiger partial charge in [0.05, 0.1) is 10.5 Å². The van der Waals surface area contributed by atoms with Crippen LogP contribution in [-0.2, 0) is 9.84 Å². The first-order chi connectivity index (χ1) is 14.2. The van der Waals surface area contributed by atoms with Crippen molar-refractivity contribution in [2.24, 2.45) is 0 Å². The second-order valence-corrected chi connectivity index (χ2v) is 8.70. The highest BCUT2D eigenvalue weighted by Crippen LogP contribution is 2.36. The second-order valence-electron chi connectivity index (χ2n) is 6.71. The Morgan fingerprint density at radius 3 is 2.33 bits per heavy atom. The lowest BCUT2D eigenvalue weighted by atomic mass is 10.1. The molecule has 0 amide bonds. The van der Waals surface area contributed by atoms with E-state index in [1.54, 1.807) is 24.3 Å². The SMILES string of the molecule is Cc1ccc(S(=O)(=O)CNc2oc3[nH]c(=O)[nH]c(=O)c3c2-c2ccc(O)cc2)cc1. The second kappa shape index (κ2) is 7.23. The van der Waals surface area contributed by atoms with Crippen molar-refractivity contribution in [3.8, 4) is 16.9 Å². The highest BCUT2D eigenvalue weighted by atomic mass is 32.2. The smallest absolute Gasteiger partial charge is 0.328 e. The lowest BCUT2D eigenvalue weighted by molar-refractivity contribution is 0.475. The Labute approximate surface area is 169 Å². The molecule has 4 aromatic rings. The Hall–Kier alpha value is -3.79. The number of aromatic hydroxyl groups is 1. The molecule has 0 saturated heterocycles. The highest BCUT2D eigenvalue weighted by Gasteiger charge is 2.22. The van der Waals surface area contributed by atoms with E-state index in [2.05, 4.69) is 15.3 Å². The molecular formula is C20H17N3O6S. The average molecular weight is 427 g/mol. The average Bonchev–Trinajstić information content (AvgIpc) is 3.06. The van der Waals surface area contributed by atoms with E-state index in [1.807, 2.05) is 6.92 Å². The molecule has 0 spiro atoms. The van der Waals surface area contributed by atoms with Gasteiger partial charge in [-0.25, -0.2) is 13.2 Å². The number of aromatic nitrogens is 2. The summed E-state index contributed by atoms with van der Waals surface area (Å²) < 4.78 is 30.9. The number of nitrogens with one attached hydrogen (secondary N) is 3. The van der Waals surface area contributed by atoms with Gasteiger partial charge in [-0.3, -0.25) is 14.8 Å². The number of hydrogen-bond acceptors (Lipinski definition) is 7. The molecule has 2 aromatic carbocycles. The summed E-state index contributed by atoms with van der Waals surface area (Å²) in [4.78, 5) is 28.7. The molecule has 0 bridgehead atoms. The van der Waals surface area contributed by atoms with E-state index >= 15 is 0 Å². The van der Waals surface area contributed by atoms with Crippen LogP contribution in [0.15, 0.2) is 67.4 Å². The van der Waals surface area contributed by atoms with Gasteiger partial charge in [0.2, 0.25) is 11.6 Å². The van der Waals surface area contributed by atoms with Gasteiger partial charge in [0.25, 0.3) is 5.56 Å². The zero-order valence-corrected chi connectivity index (χ0v) is 16.5. The van der Waals surface area contributed by atoms with E-state index in [1.165, 1.54) is 24.3 Å². The van der Waals surface area contributed by atoms with Gasteiger partial charge in [0, 0.05) is 0 Å². The van der Waals surface area contributed by atoms with Gasteiger partial charge in [0.1, 0.15) is 17.0 Å². The maximum atomic E-state index is 12.7. The van der Waals surface area contributed by atoms with Crippen molar-refractivity contribution in [2.75, 3.05) is 11.2 Å². The van der Waals surface area contributed by atoms with E-state index in [0.29, 0.717) is 5.56 Å². The number of furan rings is 1. The number of aromatic amines is 2. The summed E-state index contributed by atoms with van der Waals surface area (Å²) in [5.41, 5.74) is 0.146. The zero-order chi connectivity index (χ0) is 21.5. The molecule has 0 unspecified atom stereocenters. The monoisotopic (exact) mass is 427 g/mol. The standard InChI is InChI=1S/C20H17N3O6S/c1-11-2-8-14(9-3-11)30(27,28)10-21-18-15(12-4-6-13(24)7-5-12)16-17(25)22-20(26)23-19(16)29-18/h2-9,21,24H,10H2,1H3,(H2,22,23,25,26). The lowest BCUT2D eigenvalue weighted by Crippen LogP contribution is -2.21. The predicted molar refractivity (Wildman–Crippen MR) is 111 cm³/mol. The van der Waals surface area contributed by atoms with Crippen LogP contribution in [0, 0.1) is 6.92 Å². The maximum Gasteiger partial charge on any atom is 0.328 e. The minimum Gasteiger partial charge on any atom is -0.508 e. The molecule has 4 N–H and O–H groups in total. The van der Waals surface area contributed by atoms with Crippen LogP contribution in [-0.4, -0.2) is 29.4 Å². The van der Waals surface area contributed by atoms with E-state index in [0.717, 1.165) is 5.56 Å². The Morgan fingerprint density at radius 2 is 1.67 bits per heavy atom. The molecule has 0 aliphatic rings. The fraction of sp³-hybridized carbons (Fsp3) is 0.100. The fourth-order valence-electron chi connectivity index (χ4n) is 3.05. The summed E-state index contributed by atoms with van der Waals surface area (Å²) in [6.45, 7) is 1.85. The Morgan fingerprint density at radius 1 is 1.00 bits per heavy atom. The first kappa shape index (κ1) is 19.5. The number of hydrogen-bond donors (Lipinski definition) is 4. The third-order valence-corrected chi connectivity index (χ3v) is 6.06. The normalized spacial score (nSPS) is 11.6. The third-order valence-electron chi connectivity index (χ3n) is 4.55. The topological polar surface area (TPSA) is 145 Å². The Kier molecular flexibility index (Phi) is 4.70. The van der Waals surface area contributed by atoms with Crippen LogP contribution < -0.4 is 16.6 Å². The van der Waals surface area contributed by atoms with Crippen molar-refractivity contribution in [2.45, 2.75) is 11.8 Å². The predicted octanol–water partition coefficient (Wildman–Crippen LogP) is 2.33. The van der Waals surface area contributed by atoms with Crippen LogP contribution in [0.25, 0.3) is 22.2 Å². The molecule has 0 radical (unpaired) electrons. The quantitative estimate of drug-likeness (QED) is 0.382. The molecule has 2 heterocycles. The summed E-state index contributed by atoms with van der Waals surface area (Å²) >= 11 is 0. The third kappa shape index (κ3) is 3.60. The molecule has 0 fully saturated rings. The molecule has 2 aromatic heterocycles. The largest absolute Gasteiger partial charge is 0.508 e. The Balaban J connectivity index is 1.80. The first-order valence-corrected chi connectivity index (χ1v) is 10.5. The first-order valence-electron chi connectivity index (χ1n) is 8.86. The number of rotatable bonds is 5. The number of phenolic OH excluding ortho intramolecular Hbond substituents is 1. The van der Waals surface area contributed by atoms with Gasteiger partial charge in [-0.2, -0.15) is 0 Å². The molecule has 9 nitrogen and oxygen atoms in total. The van der Waals surface area contributed by atoms with Gasteiger partial charge in [0.15, 0.2) is 9.84 Å². The van der Waals surface area contributed by atoms with Gasteiger partial charge < -0.3 is 14.8 Å². The van der Waals surface area contributed by atoms with Crippen LogP contribution in [0.5, 0.6) is 5.75 Å². The number of aryl methyl sites for hydroxylation is 1. The van der Waals surface area contributed by atoms with Crippen LogP contribution in [0.2, 0.25) is 0 Å². The molecule has 10 heteroatoms. The molecule has 0 saturated carbocycles. The summed E-state index contributed by atoms with van der Waals surface area (Å²) in [5.74, 6) is -0.479. The van der Waals surface area contributed by atoms with Gasteiger partial charge in [-0.1, -0.05) is 29.8 Å². The lowest BCUT2D eigenvalue weighted by Gasteiger charge is -2.08. The highest BCUT2D eigenvalue weighted by molar-refractivity contribution is 7.91. The number of fused-ring (bicyclic) bond motifs is 1. The van der Waals surface area contributed by atoms with Crippen molar-refractivity contribution in [1.29, 1.82) is 0 Å². The molecule has 30 heavy (non-hydrogen) atoms.